The van der Waals surface area contributed by atoms with Gasteiger partial charge in [-0.25, -0.2) is 0 Å². The summed E-state index contributed by atoms with van der Waals surface area (Å²) < 4.78 is 5.79. The van der Waals surface area contributed by atoms with Gasteiger partial charge in [-0.2, -0.15) is 0 Å². The predicted molar refractivity (Wildman–Crippen MR) is 114 cm³/mol. The Kier molecular flexibility index (Phi) is 6.52. The maximum absolute atomic E-state index is 12.1. The highest BCUT2D eigenvalue weighted by atomic mass is 32.2. The van der Waals surface area contributed by atoms with Gasteiger partial charge >= 0.3 is 0 Å². The number of thiophene rings is 1. The summed E-state index contributed by atoms with van der Waals surface area (Å²) in [6.45, 7) is 3.01. The number of allylic oxidation sites excluding steroid dienone is 1. The van der Waals surface area contributed by atoms with Crippen LogP contribution < -0.4 is 5.32 Å². The molecule has 0 radical (unpaired) electrons. The van der Waals surface area contributed by atoms with Crippen molar-refractivity contribution in [3.8, 4) is 10.8 Å². The lowest BCUT2D eigenvalue weighted by molar-refractivity contribution is -0.118. The molecule has 0 aromatic carbocycles. The van der Waals surface area contributed by atoms with Gasteiger partial charge in [0, 0.05) is 11.4 Å². The number of aromatic nitrogens is 2. The molecule has 0 saturated carbocycles. The first-order valence-corrected chi connectivity index (χ1v) is 12.0. The molecule has 0 unspecified atom stereocenters. The lowest BCUT2D eigenvalue weighted by Crippen LogP contribution is -2.26. The molecular weight excluding hydrogens is 390 g/mol. The summed E-state index contributed by atoms with van der Waals surface area (Å²) in [7, 11) is 0. The topological polar surface area (TPSA) is 68.0 Å². The van der Waals surface area contributed by atoms with E-state index in [1.165, 1.54) is 59.9 Å². The summed E-state index contributed by atoms with van der Waals surface area (Å²) in [6, 6.07) is 2.20. The van der Waals surface area contributed by atoms with Crippen molar-refractivity contribution in [3.63, 3.8) is 0 Å². The minimum absolute atomic E-state index is 0.0155. The average molecular weight is 418 g/mol. The summed E-state index contributed by atoms with van der Waals surface area (Å²) in [5.41, 5.74) is 2.91. The number of fused-ring (bicyclic) bond motifs is 1. The van der Waals surface area contributed by atoms with Crippen LogP contribution in [0, 0.1) is 5.92 Å². The van der Waals surface area contributed by atoms with Crippen LogP contribution in [0.5, 0.6) is 0 Å². The third kappa shape index (κ3) is 5.06. The Bertz CT molecular complexity index is 856. The van der Waals surface area contributed by atoms with Crippen molar-refractivity contribution < 1.29 is 9.21 Å². The van der Waals surface area contributed by atoms with Gasteiger partial charge in [0.2, 0.25) is 5.91 Å². The second-order valence-electron chi connectivity index (χ2n) is 7.78. The van der Waals surface area contributed by atoms with E-state index < -0.39 is 0 Å². The Morgan fingerprint density at radius 1 is 1.36 bits per heavy atom. The third-order valence-corrected chi connectivity index (χ3v) is 7.47. The summed E-state index contributed by atoms with van der Waals surface area (Å²) in [5, 5.41) is 11.7. The summed E-state index contributed by atoms with van der Waals surface area (Å²) in [6.07, 6.45) is 11.8. The van der Waals surface area contributed by atoms with Gasteiger partial charge < -0.3 is 9.73 Å². The van der Waals surface area contributed by atoms with Gasteiger partial charge in [-0.1, -0.05) is 30.3 Å². The first-order chi connectivity index (χ1) is 13.7. The van der Waals surface area contributed by atoms with Gasteiger partial charge in [0.05, 0.1) is 10.6 Å². The number of aryl methyl sites for hydroxylation is 1. The molecule has 0 aliphatic heterocycles. The standard InChI is InChI=1S/C21H27N3O2S2/c1-14-7-8-17-16(11-14)12-18(28-17)20-23-24-21(26-20)27-13-19(25)22-10-9-15-5-3-2-4-6-15/h5,12,14H,2-4,6-11,13H2,1H3,(H,22,25)/t14-/m1/s1. The molecule has 28 heavy (non-hydrogen) atoms. The molecule has 4 rings (SSSR count). The van der Waals surface area contributed by atoms with Crippen LogP contribution in [0.15, 0.2) is 27.4 Å². The first-order valence-electron chi connectivity index (χ1n) is 10.2. The third-order valence-electron chi connectivity index (χ3n) is 5.43. The van der Waals surface area contributed by atoms with Crippen molar-refractivity contribution in [1.82, 2.24) is 15.5 Å². The second-order valence-corrected chi connectivity index (χ2v) is 9.84. The van der Waals surface area contributed by atoms with E-state index in [4.69, 9.17) is 4.42 Å². The van der Waals surface area contributed by atoms with Crippen LogP contribution in [-0.2, 0) is 17.6 Å². The zero-order valence-electron chi connectivity index (χ0n) is 16.3. The molecule has 2 aromatic heterocycles. The molecule has 2 heterocycles. The van der Waals surface area contributed by atoms with Crippen molar-refractivity contribution in [2.45, 2.75) is 63.5 Å². The smallest absolute Gasteiger partial charge is 0.277 e. The number of rotatable bonds is 7. The van der Waals surface area contributed by atoms with E-state index in [9.17, 15) is 4.79 Å². The largest absolute Gasteiger partial charge is 0.410 e. The van der Waals surface area contributed by atoms with Crippen LogP contribution in [0.2, 0.25) is 0 Å². The zero-order chi connectivity index (χ0) is 19.3. The Hall–Kier alpha value is -1.60. The molecule has 0 bridgehead atoms. The Morgan fingerprint density at radius 2 is 2.29 bits per heavy atom. The number of hydrogen-bond acceptors (Lipinski definition) is 6. The fraction of sp³-hybridized carbons (Fsp3) is 0.571. The molecule has 2 aliphatic rings. The maximum atomic E-state index is 12.1. The van der Waals surface area contributed by atoms with E-state index in [-0.39, 0.29) is 5.91 Å². The van der Waals surface area contributed by atoms with E-state index in [2.05, 4.69) is 34.6 Å². The van der Waals surface area contributed by atoms with E-state index in [1.54, 1.807) is 11.3 Å². The van der Waals surface area contributed by atoms with Crippen LogP contribution >= 0.6 is 23.1 Å². The fourth-order valence-corrected chi connectivity index (χ4v) is 5.57. The lowest BCUT2D eigenvalue weighted by atomic mass is 9.90. The average Bonchev–Trinajstić information content (AvgIpc) is 3.33. The number of thioether (sulfide) groups is 1. The van der Waals surface area contributed by atoms with Gasteiger partial charge in [0.25, 0.3) is 11.1 Å². The Labute approximate surface area is 174 Å². The Balaban J connectivity index is 1.24. The summed E-state index contributed by atoms with van der Waals surface area (Å²) >= 11 is 3.07. The first kappa shape index (κ1) is 19.7. The molecule has 2 aromatic rings. The number of nitrogens with one attached hydrogen (secondary N) is 1. The van der Waals surface area contributed by atoms with E-state index in [1.807, 2.05) is 0 Å². The van der Waals surface area contributed by atoms with Crippen LogP contribution in [0.4, 0.5) is 0 Å². The lowest BCUT2D eigenvalue weighted by Gasteiger charge is -2.16. The maximum Gasteiger partial charge on any atom is 0.277 e. The molecule has 0 spiro atoms. The molecule has 0 fully saturated rings. The van der Waals surface area contributed by atoms with Crippen LogP contribution in [0.1, 0.15) is 55.9 Å². The molecule has 2 aliphatic carbocycles. The molecule has 1 N–H and O–H groups in total. The molecule has 5 nitrogen and oxygen atoms in total. The fourth-order valence-electron chi connectivity index (χ4n) is 3.85. The molecule has 1 amide bonds. The molecule has 0 saturated heterocycles. The van der Waals surface area contributed by atoms with Crippen molar-refractivity contribution in [3.05, 3.63) is 28.2 Å². The zero-order valence-corrected chi connectivity index (χ0v) is 18.0. The van der Waals surface area contributed by atoms with Gasteiger partial charge in [-0.3, -0.25) is 4.79 Å². The SMILES string of the molecule is C[C@@H]1CCc2sc(-c3nnc(SCC(=O)NCCC4=CCCCC4)o3)cc2C1. The molecule has 7 heteroatoms. The molecule has 150 valence electrons. The van der Waals surface area contributed by atoms with E-state index in [0.29, 0.717) is 23.4 Å². The summed E-state index contributed by atoms with van der Waals surface area (Å²) in [5.74, 6) is 1.64. The van der Waals surface area contributed by atoms with Gasteiger partial charge in [0.1, 0.15) is 0 Å². The number of nitrogens with zero attached hydrogens (tertiary/aromatic N) is 2. The van der Waals surface area contributed by atoms with Crippen LogP contribution in [-0.4, -0.2) is 28.4 Å². The number of hydrogen-bond donors (Lipinski definition) is 1. The minimum Gasteiger partial charge on any atom is -0.410 e. The number of carbonyl (C=O) groups excluding carboxylic acids is 1. The predicted octanol–water partition coefficient (Wildman–Crippen LogP) is 5.02. The quantitative estimate of drug-likeness (QED) is 0.506. The second kappa shape index (κ2) is 9.27. The van der Waals surface area contributed by atoms with E-state index in [0.717, 1.165) is 30.1 Å². The Morgan fingerprint density at radius 3 is 3.14 bits per heavy atom. The summed E-state index contributed by atoms with van der Waals surface area (Å²) in [4.78, 5) is 14.6. The van der Waals surface area contributed by atoms with Crippen molar-refractivity contribution >= 4 is 29.0 Å². The monoisotopic (exact) mass is 417 g/mol. The minimum atomic E-state index is 0.0155. The number of carbonyl (C=O) groups is 1. The van der Waals surface area contributed by atoms with Gasteiger partial charge in [-0.05, 0) is 68.9 Å². The van der Waals surface area contributed by atoms with Crippen molar-refractivity contribution in [1.29, 1.82) is 0 Å². The number of amides is 1. The normalized spacial score (nSPS) is 19.2. The van der Waals surface area contributed by atoms with Gasteiger partial charge in [-0.15, -0.1) is 21.5 Å². The highest BCUT2D eigenvalue weighted by Gasteiger charge is 2.21. The van der Waals surface area contributed by atoms with Crippen molar-refractivity contribution in [2.24, 2.45) is 5.92 Å². The highest BCUT2D eigenvalue weighted by molar-refractivity contribution is 7.99. The van der Waals surface area contributed by atoms with Gasteiger partial charge in [0.15, 0.2) is 0 Å². The highest BCUT2D eigenvalue weighted by Crippen LogP contribution is 2.37. The van der Waals surface area contributed by atoms with E-state index >= 15 is 0 Å². The van der Waals surface area contributed by atoms with Crippen LogP contribution in [0.3, 0.4) is 0 Å². The van der Waals surface area contributed by atoms with Crippen LogP contribution in [0.25, 0.3) is 10.8 Å². The molecular formula is C21H27N3O2S2. The van der Waals surface area contributed by atoms with Crippen molar-refractivity contribution in [2.75, 3.05) is 12.3 Å². The molecule has 1 atom stereocenters.